The number of hydrogen-bond acceptors (Lipinski definition) is 1. The van der Waals surface area contributed by atoms with Crippen LogP contribution in [0.4, 0.5) is 0 Å². The Morgan fingerprint density at radius 1 is 1.57 bits per heavy atom. The van der Waals surface area contributed by atoms with E-state index in [0.29, 0.717) is 11.5 Å². The second-order valence-corrected chi connectivity index (χ2v) is 5.03. The van der Waals surface area contributed by atoms with Crippen LogP contribution in [0.5, 0.6) is 0 Å². The van der Waals surface area contributed by atoms with Gasteiger partial charge in [0.15, 0.2) is 0 Å². The molecule has 1 atom stereocenters. The summed E-state index contributed by atoms with van der Waals surface area (Å²) in [6, 6.07) is 2.83. The maximum absolute atomic E-state index is 3.65. The Hall–Kier alpha value is -0.760. The van der Waals surface area contributed by atoms with Gasteiger partial charge in [-0.05, 0) is 29.9 Å². The number of nitrogens with one attached hydrogen (secondary N) is 2. The molecule has 2 nitrogen and oxygen atoms in total. The number of aromatic nitrogens is 1. The lowest BCUT2D eigenvalue weighted by Crippen LogP contribution is -2.37. The van der Waals surface area contributed by atoms with Crippen LogP contribution in [0.1, 0.15) is 38.7 Å². The molecule has 0 spiro atoms. The summed E-state index contributed by atoms with van der Waals surface area (Å²) in [5.41, 5.74) is 1.84. The van der Waals surface area contributed by atoms with Crippen molar-refractivity contribution in [2.24, 2.45) is 5.41 Å². The van der Waals surface area contributed by atoms with Crippen molar-refractivity contribution in [1.82, 2.24) is 10.3 Å². The SMILES string of the molecule is CC1(C)CCCC1NCc1cc[nH]c1. The Labute approximate surface area is 86.1 Å². The summed E-state index contributed by atoms with van der Waals surface area (Å²) in [5.74, 6) is 0. The molecular formula is C12H20N2. The molecule has 2 N–H and O–H groups in total. The first-order chi connectivity index (χ1) is 6.68. The molecule has 0 aliphatic heterocycles. The van der Waals surface area contributed by atoms with Crippen LogP contribution >= 0.6 is 0 Å². The van der Waals surface area contributed by atoms with Crippen molar-refractivity contribution in [2.75, 3.05) is 0 Å². The highest BCUT2D eigenvalue weighted by atomic mass is 14.9. The highest BCUT2D eigenvalue weighted by molar-refractivity contribution is 5.08. The molecule has 2 heteroatoms. The average molecular weight is 192 g/mol. The minimum Gasteiger partial charge on any atom is -0.367 e. The fourth-order valence-corrected chi connectivity index (χ4v) is 2.41. The molecule has 1 unspecified atom stereocenters. The third kappa shape index (κ3) is 2.01. The van der Waals surface area contributed by atoms with Gasteiger partial charge in [0.05, 0.1) is 0 Å². The van der Waals surface area contributed by atoms with Crippen LogP contribution in [0.2, 0.25) is 0 Å². The van der Waals surface area contributed by atoms with Gasteiger partial charge in [-0.25, -0.2) is 0 Å². The summed E-state index contributed by atoms with van der Waals surface area (Å²) < 4.78 is 0. The van der Waals surface area contributed by atoms with E-state index in [-0.39, 0.29) is 0 Å². The number of H-pyrrole nitrogens is 1. The minimum atomic E-state index is 0.482. The highest BCUT2D eigenvalue weighted by Crippen LogP contribution is 2.37. The molecule has 0 amide bonds. The maximum atomic E-state index is 3.65. The van der Waals surface area contributed by atoms with E-state index >= 15 is 0 Å². The largest absolute Gasteiger partial charge is 0.367 e. The Kier molecular flexibility index (Phi) is 2.64. The molecule has 2 rings (SSSR count). The zero-order valence-electron chi connectivity index (χ0n) is 9.14. The third-order valence-electron chi connectivity index (χ3n) is 3.47. The molecule has 1 aromatic heterocycles. The molecule has 0 radical (unpaired) electrons. The van der Waals surface area contributed by atoms with Gasteiger partial charge in [-0.15, -0.1) is 0 Å². The third-order valence-corrected chi connectivity index (χ3v) is 3.47. The van der Waals surface area contributed by atoms with Crippen LogP contribution < -0.4 is 5.32 Å². The summed E-state index contributed by atoms with van der Waals surface area (Å²) in [5, 5.41) is 3.65. The van der Waals surface area contributed by atoms with Crippen LogP contribution in [0.15, 0.2) is 18.5 Å². The van der Waals surface area contributed by atoms with Gasteiger partial charge in [-0.2, -0.15) is 0 Å². The monoisotopic (exact) mass is 192 g/mol. The summed E-state index contributed by atoms with van der Waals surface area (Å²) in [4.78, 5) is 3.09. The Balaban J connectivity index is 1.86. The molecule has 14 heavy (non-hydrogen) atoms. The first-order valence-electron chi connectivity index (χ1n) is 5.53. The number of rotatable bonds is 3. The van der Waals surface area contributed by atoms with Gasteiger partial charge < -0.3 is 10.3 Å². The predicted molar refractivity (Wildman–Crippen MR) is 59.1 cm³/mol. The summed E-state index contributed by atoms with van der Waals surface area (Å²) >= 11 is 0. The molecule has 78 valence electrons. The van der Waals surface area contributed by atoms with Crippen LogP contribution in [-0.4, -0.2) is 11.0 Å². The van der Waals surface area contributed by atoms with Crippen molar-refractivity contribution >= 4 is 0 Å². The molecule has 1 saturated carbocycles. The average Bonchev–Trinajstić information content (AvgIpc) is 2.71. The van der Waals surface area contributed by atoms with E-state index in [0.717, 1.165) is 6.54 Å². The van der Waals surface area contributed by atoms with E-state index in [2.05, 4.69) is 36.4 Å². The van der Waals surface area contributed by atoms with Crippen molar-refractivity contribution in [3.8, 4) is 0 Å². The highest BCUT2D eigenvalue weighted by Gasteiger charge is 2.33. The molecule has 0 aromatic carbocycles. The molecule has 0 bridgehead atoms. The van der Waals surface area contributed by atoms with Crippen molar-refractivity contribution in [3.63, 3.8) is 0 Å². The molecule has 1 aliphatic rings. The van der Waals surface area contributed by atoms with E-state index in [9.17, 15) is 0 Å². The van der Waals surface area contributed by atoms with Crippen LogP contribution in [0.25, 0.3) is 0 Å². The van der Waals surface area contributed by atoms with Gasteiger partial charge in [-0.1, -0.05) is 20.3 Å². The van der Waals surface area contributed by atoms with Gasteiger partial charge in [0, 0.05) is 25.0 Å². The fourth-order valence-electron chi connectivity index (χ4n) is 2.41. The Bertz CT molecular complexity index is 275. The minimum absolute atomic E-state index is 0.482. The molecular weight excluding hydrogens is 172 g/mol. The second kappa shape index (κ2) is 3.77. The van der Waals surface area contributed by atoms with E-state index in [4.69, 9.17) is 0 Å². The fraction of sp³-hybridized carbons (Fsp3) is 0.667. The van der Waals surface area contributed by atoms with E-state index in [1.54, 1.807) is 0 Å². The first-order valence-corrected chi connectivity index (χ1v) is 5.53. The normalized spacial score (nSPS) is 25.4. The molecule has 1 aromatic rings. The summed E-state index contributed by atoms with van der Waals surface area (Å²) in [6.07, 6.45) is 8.11. The Morgan fingerprint density at radius 2 is 2.43 bits per heavy atom. The van der Waals surface area contributed by atoms with Crippen molar-refractivity contribution in [2.45, 2.75) is 45.7 Å². The number of aromatic amines is 1. The van der Waals surface area contributed by atoms with Crippen LogP contribution in [0, 0.1) is 5.41 Å². The van der Waals surface area contributed by atoms with Gasteiger partial charge >= 0.3 is 0 Å². The second-order valence-electron chi connectivity index (χ2n) is 5.03. The van der Waals surface area contributed by atoms with Gasteiger partial charge in [-0.3, -0.25) is 0 Å². The van der Waals surface area contributed by atoms with Crippen molar-refractivity contribution in [1.29, 1.82) is 0 Å². The lowest BCUT2D eigenvalue weighted by Gasteiger charge is -2.27. The summed E-state index contributed by atoms with van der Waals surface area (Å²) in [7, 11) is 0. The van der Waals surface area contributed by atoms with Gasteiger partial charge in [0.1, 0.15) is 0 Å². The Morgan fingerprint density at radius 3 is 3.00 bits per heavy atom. The zero-order chi connectivity index (χ0) is 10.0. The number of hydrogen-bond donors (Lipinski definition) is 2. The van der Waals surface area contributed by atoms with E-state index in [1.807, 2.05) is 6.20 Å². The topological polar surface area (TPSA) is 27.8 Å². The van der Waals surface area contributed by atoms with Gasteiger partial charge in [0.25, 0.3) is 0 Å². The summed E-state index contributed by atoms with van der Waals surface area (Å²) in [6.45, 7) is 5.74. The molecule has 0 saturated heterocycles. The lowest BCUT2D eigenvalue weighted by atomic mass is 9.87. The van der Waals surface area contributed by atoms with Crippen molar-refractivity contribution in [3.05, 3.63) is 24.0 Å². The zero-order valence-corrected chi connectivity index (χ0v) is 9.14. The van der Waals surface area contributed by atoms with E-state index < -0.39 is 0 Å². The van der Waals surface area contributed by atoms with Gasteiger partial charge in [0.2, 0.25) is 0 Å². The quantitative estimate of drug-likeness (QED) is 0.757. The lowest BCUT2D eigenvalue weighted by molar-refractivity contribution is 0.282. The molecule has 1 fully saturated rings. The van der Waals surface area contributed by atoms with Crippen molar-refractivity contribution < 1.29 is 0 Å². The van der Waals surface area contributed by atoms with Crippen LogP contribution in [-0.2, 0) is 6.54 Å². The smallest absolute Gasteiger partial charge is 0.0223 e. The molecule has 1 heterocycles. The first kappa shape index (κ1) is 9.78. The predicted octanol–water partition coefficient (Wildman–Crippen LogP) is 2.68. The molecule has 1 aliphatic carbocycles. The van der Waals surface area contributed by atoms with Crippen LogP contribution in [0.3, 0.4) is 0 Å². The maximum Gasteiger partial charge on any atom is 0.0223 e. The standard InChI is InChI=1S/C12H20N2/c1-12(2)6-3-4-11(12)14-9-10-5-7-13-8-10/h5,7-8,11,13-14H,3-4,6,9H2,1-2H3. The van der Waals surface area contributed by atoms with E-state index in [1.165, 1.54) is 24.8 Å².